The lowest BCUT2D eigenvalue weighted by molar-refractivity contribution is 0.0949. The van der Waals surface area contributed by atoms with Crippen LogP contribution in [0.3, 0.4) is 0 Å². The van der Waals surface area contributed by atoms with E-state index in [1.807, 2.05) is 38.1 Å². The summed E-state index contributed by atoms with van der Waals surface area (Å²) in [6.07, 6.45) is 5.49. The zero-order chi connectivity index (χ0) is 16.9. The van der Waals surface area contributed by atoms with Crippen LogP contribution in [0.15, 0.2) is 30.5 Å². The van der Waals surface area contributed by atoms with Crippen molar-refractivity contribution in [1.82, 2.24) is 15.3 Å². The molecule has 0 spiro atoms. The van der Waals surface area contributed by atoms with Gasteiger partial charge in [-0.25, -0.2) is 9.97 Å². The summed E-state index contributed by atoms with van der Waals surface area (Å²) in [5.41, 5.74) is 2.84. The van der Waals surface area contributed by atoms with E-state index in [0.29, 0.717) is 17.9 Å². The SMILES string of the molecule is Cc1ccc(C(=O)NCc2nccc(N3CCCCC3)n2)c(C)c1. The molecule has 3 rings (SSSR count). The zero-order valence-corrected chi connectivity index (χ0v) is 14.4. The van der Waals surface area contributed by atoms with Crippen LogP contribution in [0.4, 0.5) is 5.82 Å². The third-order valence-corrected chi connectivity index (χ3v) is 4.40. The monoisotopic (exact) mass is 324 g/mol. The van der Waals surface area contributed by atoms with Crippen LogP contribution in [0.2, 0.25) is 0 Å². The van der Waals surface area contributed by atoms with Crippen molar-refractivity contribution in [3.05, 3.63) is 53.0 Å². The Morgan fingerprint density at radius 1 is 1.17 bits per heavy atom. The minimum atomic E-state index is -0.0838. The largest absolute Gasteiger partial charge is 0.357 e. The Morgan fingerprint density at radius 2 is 1.96 bits per heavy atom. The van der Waals surface area contributed by atoms with Crippen molar-refractivity contribution in [3.63, 3.8) is 0 Å². The molecule has 5 nitrogen and oxygen atoms in total. The van der Waals surface area contributed by atoms with Crippen molar-refractivity contribution in [2.75, 3.05) is 18.0 Å². The number of carbonyl (C=O) groups is 1. The second-order valence-corrected chi connectivity index (χ2v) is 6.38. The number of hydrogen-bond acceptors (Lipinski definition) is 4. The van der Waals surface area contributed by atoms with Gasteiger partial charge in [-0.3, -0.25) is 4.79 Å². The van der Waals surface area contributed by atoms with Crippen LogP contribution in [0.1, 0.15) is 46.6 Å². The predicted octanol–water partition coefficient (Wildman–Crippen LogP) is 3.01. The fraction of sp³-hybridized carbons (Fsp3) is 0.421. The summed E-state index contributed by atoms with van der Waals surface area (Å²) >= 11 is 0. The van der Waals surface area contributed by atoms with Crippen molar-refractivity contribution >= 4 is 11.7 Å². The van der Waals surface area contributed by atoms with Crippen LogP contribution in [-0.4, -0.2) is 29.0 Å². The molecule has 0 bridgehead atoms. The Kier molecular flexibility index (Phi) is 5.08. The van der Waals surface area contributed by atoms with Crippen LogP contribution in [0.25, 0.3) is 0 Å². The molecule has 1 saturated heterocycles. The van der Waals surface area contributed by atoms with Gasteiger partial charge in [-0.1, -0.05) is 17.7 Å². The number of nitrogens with one attached hydrogen (secondary N) is 1. The third-order valence-electron chi connectivity index (χ3n) is 4.40. The summed E-state index contributed by atoms with van der Waals surface area (Å²) in [7, 11) is 0. The molecule has 1 aliphatic rings. The van der Waals surface area contributed by atoms with Crippen molar-refractivity contribution in [1.29, 1.82) is 0 Å². The van der Waals surface area contributed by atoms with Gasteiger partial charge < -0.3 is 10.2 Å². The normalized spacial score (nSPS) is 14.5. The van der Waals surface area contributed by atoms with Gasteiger partial charge in [-0.2, -0.15) is 0 Å². The van der Waals surface area contributed by atoms with Crippen molar-refractivity contribution in [3.8, 4) is 0 Å². The lowest BCUT2D eigenvalue weighted by Gasteiger charge is -2.27. The standard InChI is InChI=1S/C19H24N4O/c1-14-6-7-16(15(2)12-14)19(24)21-13-17-20-9-8-18(22-17)23-10-4-3-5-11-23/h6-9,12H,3-5,10-11,13H2,1-2H3,(H,21,24). The number of aromatic nitrogens is 2. The van der Waals surface area contributed by atoms with Gasteiger partial charge in [0.2, 0.25) is 0 Å². The Bertz CT molecular complexity index is 723. The van der Waals surface area contributed by atoms with E-state index in [-0.39, 0.29) is 5.91 Å². The number of anilines is 1. The number of benzene rings is 1. The number of nitrogens with zero attached hydrogens (tertiary/aromatic N) is 3. The first-order valence-electron chi connectivity index (χ1n) is 8.56. The molecular weight excluding hydrogens is 300 g/mol. The third kappa shape index (κ3) is 3.91. The minimum Gasteiger partial charge on any atom is -0.357 e. The minimum absolute atomic E-state index is 0.0838. The van der Waals surface area contributed by atoms with Gasteiger partial charge in [0, 0.05) is 24.8 Å². The molecule has 2 heterocycles. The number of rotatable bonds is 4. The molecule has 126 valence electrons. The molecule has 1 aliphatic heterocycles. The van der Waals surface area contributed by atoms with E-state index in [2.05, 4.69) is 20.2 Å². The van der Waals surface area contributed by atoms with Crippen molar-refractivity contribution in [2.24, 2.45) is 0 Å². The van der Waals surface area contributed by atoms with Crippen molar-refractivity contribution < 1.29 is 4.79 Å². The highest BCUT2D eigenvalue weighted by Crippen LogP contribution is 2.17. The fourth-order valence-corrected chi connectivity index (χ4v) is 3.10. The molecule has 5 heteroatoms. The topological polar surface area (TPSA) is 58.1 Å². The molecule has 0 radical (unpaired) electrons. The molecule has 0 saturated carbocycles. The number of hydrogen-bond donors (Lipinski definition) is 1. The van der Waals surface area contributed by atoms with Gasteiger partial charge in [0.15, 0.2) is 0 Å². The zero-order valence-electron chi connectivity index (χ0n) is 14.4. The number of amides is 1. The van der Waals surface area contributed by atoms with E-state index in [1.54, 1.807) is 6.20 Å². The number of aryl methyl sites for hydroxylation is 2. The molecular formula is C19H24N4O. The Morgan fingerprint density at radius 3 is 2.71 bits per heavy atom. The average Bonchev–Trinajstić information content (AvgIpc) is 2.61. The first-order valence-corrected chi connectivity index (χ1v) is 8.56. The molecule has 24 heavy (non-hydrogen) atoms. The van der Waals surface area contributed by atoms with E-state index in [4.69, 9.17) is 0 Å². The van der Waals surface area contributed by atoms with Crippen LogP contribution >= 0.6 is 0 Å². The molecule has 0 unspecified atom stereocenters. The van der Waals surface area contributed by atoms with E-state index >= 15 is 0 Å². The van der Waals surface area contributed by atoms with Gasteiger partial charge in [-0.05, 0) is 50.8 Å². The molecule has 1 fully saturated rings. The summed E-state index contributed by atoms with van der Waals surface area (Å²) in [5, 5.41) is 2.92. The second kappa shape index (κ2) is 7.43. The molecule has 1 aromatic carbocycles. The van der Waals surface area contributed by atoms with Gasteiger partial charge in [-0.15, -0.1) is 0 Å². The maximum absolute atomic E-state index is 12.4. The van der Waals surface area contributed by atoms with Gasteiger partial charge in [0.25, 0.3) is 5.91 Å². The molecule has 1 N–H and O–H groups in total. The van der Waals surface area contributed by atoms with Crippen molar-refractivity contribution in [2.45, 2.75) is 39.7 Å². The molecule has 1 aromatic heterocycles. The van der Waals surface area contributed by atoms with Crippen LogP contribution in [0, 0.1) is 13.8 Å². The molecule has 0 aliphatic carbocycles. The fourth-order valence-electron chi connectivity index (χ4n) is 3.10. The summed E-state index contributed by atoms with van der Waals surface area (Å²) in [5.74, 6) is 1.52. The Hall–Kier alpha value is -2.43. The van der Waals surface area contributed by atoms with E-state index in [1.165, 1.54) is 19.3 Å². The first-order chi connectivity index (χ1) is 11.6. The van der Waals surface area contributed by atoms with Crippen LogP contribution in [-0.2, 0) is 6.54 Å². The predicted molar refractivity (Wildman–Crippen MR) is 95.2 cm³/mol. The van der Waals surface area contributed by atoms with Crippen LogP contribution < -0.4 is 10.2 Å². The van der Waals surface area contributed by atoms with Gasteiger partial charge in [0.05, 0.1) is 6.54 Å². The summed E-state index contributed by atoms with van der Waals surface area (Å²) in [6.45, 7) is 6.41. The van der Waals surface area contributed by atoms with E-state index < -0.39 is 0 Å². The van der Waals surface area contributed by atoms with Gasteiger partial charge >= 0.3 is 0 Å². The molecule has 2 aromatic rings. The summed E-state index contributed by atoms with van der Waals surface area (Å²) in [4.78, 5) is 23.5. The highest BCUT2D eigenvalue weighted by molar-refractivity contribution is 5.95. The maximum atomic E-state index is 12.4. The summed E-state index contributed by atoms with van der Waals surface area (Å²) in [6, 6.07) is 7.78. The smallest absolute Gasteiger partial charge is 0.251 e. The molecule has 0 atom stereocenters. The molecule has 1 amide bonds. The average molecular weight is 324 g/mol. The van der Waals surface area contributed by atoms with E-state index in [0.717, 1.165) is 30.0 Å². The number of carbonyl (C=O) groups excluding carboxylic acids is 1. The van der Waals surface area contributed by atoms with Gasteiger partial charge in [0.1, 0.15) is 11.6 Å². The highest BCUT2D eigenvalue weighted by atomic mass is 16.1. The Labute approximate surface area is 143 Å². The maximum Gasteiger partial charge on any atom is 0.251 e. The highest BCUT2D eigenvalue weighted by Gasteiger charge is 2.13. The Balaban J connectivity index is 1.64. The van der Waals surface area contributed by atoms with E-state index in [9.17, 15) is 4.79 Å². The quantitative estimate of drug-likeness (QED) is 0.939. The lowest BCUT2D eigenvalue weighted by Crippen LogP contribution is -2.31. The summed E-state index contributed by atoms with van der Waals surface area (Å²) < 4.78 is 0. The number of piperidine rings is 1. The first kappa shape index (κ1) is 16.4. The second-order valence-electron chi connectivity index (χ2n) is 6.38. The lowest BCUT2D eigenvalue weighted by atomic mass is 10.1. The van der Waals surface area contributed by atoms with Crippen LogP contribution in [0.5, 0.6) is 0 Å².